The molecule has 0 fully saturated rings. The number of thiophene rings is 2. The Hall–Kier alpha value is -2.16. The van der Waals surface area contributed by atoms with Crippen molar-refractivity contribution >= 4 is 22.7 Å². The largest absolute Gasteiger partial charge is 0.144 e. The normalized spacial score (nSPS) is 13.7. The van der Waals surface area contributed by atoms with Crippen LogP contribution in [0.15, 0.2) is 71.4 Å². The Morgan fingerprint density at radius 1 is 0.571 bits per heavy atom. The molecular weight excluding hydrogens is 460 g/mol. The molecule has 5 rings (SSSR count). The SMILES string of the molecule is CCCCCCC1(CCCCCC)c2ccccc2-c2ccc(-c3cccs3)c(-c3cccs3)c21. The maximum Gasteiger partial charge on any atom is 0.0352 e. The van der Waals surface area contributed by atoms with Crippen LogP contribution in [0.2, 0.25) is 0 Å². The lowest BCUT2D eigenvalue weighted by Gasteiger charge is -2.35. The summed E-state index contributed by atoms with van der Waals surface area (Å²) in [6.07, 6.45) is 13.1. The van der Waals surface area contributed by atoms with Crippen molar-refractivity contribution in [3.63, 3.8) is 0 Å². The van der Waals surface area contributed by atoms with E-state index < -0.39 is 0 Å². The molecule has 0 saturated carbocycles. The maximum absolute atomic E-state index is 2.46. The van der Waals surface area contributed by atoms with Crippen LogP contribution in [-0.2, 0) is 5.41 Å². The highest BCUT2D eigenvalue weighted by Crippen LogP contribution is 2.59. The molecule has 0 amide bonds. The Kier molecular flexibility index (Phi) is 7.90. The quantitative estimate of drug-likeness (QED) is 0.170. The van der Waals surface area contributed by atoms with Gasteiger partial charge in [0, 0.05) is 26.3 Å². The van der Waals surface area contributed by atoms with Gasteiger partial charge in [-0.15, -0.1) is 22.7 Å². The number of fused-ring (bicyclic) bond motifs is 3. The first-order valence-corrected chi connectivity index (χ1v) is 15.4. The van der Waals surface area contributed by atoms with E-state index in [9.17, 15) is 0 Å². The first-order chi connectivity index (χ1) is 17.3. The van der Waals surface area contributed by atoms with Crippen molar-refractivity contribution in [2.45, 2.75) is 83.5 Å². The van der Waals surface area contributed by atoms with Gasteiger partial charge in [0.05, 0.1) is 0 Å². The van der Waals surface area contributed by atoms with Crippen LogP contribution in [0.25, 0.3) is 32.0 Å². The van der Waals surface area contributed by atoms with Crippen molar-refractivity contribution < 1.29 is 0 Å². The van der Waals surface area contributed by atoms with Crippen molar-refractivity contribution in [3.8, 4) is 32.0 Å². The highest BCUT2D eigenvalue weighted by molar-refractivity contribution is 7.14. The van der Waals surface area contributed by atoms with Crippen molar-refractivity contribution in [1.82, 2.24) is 0 Å². The van der Waals surface area contributed by atoms with Gasteiger partial charge in [-0.2, -0.15) is 0 Å². The van der Waals surface area contributed by atoms with Crippen molar-refractivity contribution in [3.05, 3.63) is 82.6 Å². The van der Waals surface area contributed by atoms with E-state index in [1.54, 1.807) is 11.1 Å². The Labute approximate surface area is 220 Å². The molecule has 2 aromatic heterocycles. The first kappa shape index (κ1) is 24.5. The van der Waals surface area contributed by atoms with Gasteiger partial charge in [0.2, 0.25) is 0 Å². The fourth-order valence-electron chi connectivity index (χ4n) is 6.26. The zero-order valence-electron chi connectivity index (χ0n) is 21.3. The van der Waals surface area contributed by atoms with E-state index in [4.69, 9.17) is 0 Å². The smallest absolute Gasteiger partial charge is 0.0352 e. The molecule has 1 aliphatic carbocycles. The minimum absolute atomic E-state index is 0.111. The van der Waals surface area contributed by atoms with Gasteiger partial charge in [-0.25, -0.2) is 0 Å². The van der Waals surface area contributed by atoms with Crippen LogP contribution in [0.1, 0.15) is 89.2 Å². The Morgan fingerprint density at radius 2 is 1.20 bits per heavy atom. The third-order valence-electron chi connectivity index (χ3n) is 7.89. The molecule has 2 aromatic carbocycles. The fraction of sp³-hybridized carbons (Fsp3) is 0.394. The van der Waals surface area contributed by atoms with E-state index >= 15 is 0 Å². The summed E-state index contributed by atoms with van der Waals surface area (Å²) in [6.45, 7) is 4.64. The first-order valence-electron chi connectivity index (χ1n) is 13.6. The standard InChI is InChI=1S/C33H38S2/c1-3-5-7-11-21-33(22-12-8-6-4-2)28-16-10-9-15-25(28)26-19-20-27(29-17-13-23-34-29)31(32(26)33)30-18-14-24-35-30/h9-10,13-20,23-24H,3-8,11-12,21-22H2,1-2H3. The van der Waals surface area contributed by atoms with E-state index in [1.165, 1.54) is 96.2 Å². The molecule has 0 unspecified atom stereocenters. The Morgan fingerprint density at radius 3 is 1.83 bits per heavy atom. The summed E-state index contributed by atoms with van der Waals surface area (Å²) >= 11 is 3.77. The van der Waals surface area contributed by atoms with Crippen LogP contribution in [0.4, 0.5) is 0 Å². The number of benzene rings is 2. The topological polar surface area (TPSA) is 0 Å². The highest BCUT2D eigenvalue weighted by Gasteiger charge is 2.44. The van der Waals surface area contributed by atoms with Crippen LogP contribution in [0.3, 0.4) is 0 Å². The molecule has 0 radical (unpaired) electrons. The summed E-state index contributed by atoms with van der Waals surface area (Å²) < 4.78 is 0. The van der Waals surface area contributed by atoms with Gasteiger partial charge in [-0.05, 0) is 58.0 Å². The minimum atomic E-state index is 0.111. The lowest BCUT2D eigenvalue weighted by Crippen LogP contribution is -2.26. The van der Waals surface area contributed by atoms with E-state index in [0.717, 1.165) is 0 Å². The van der Waals surface area contributed by atoms with Gasteiger partial charge in [-0.3, -0.25) is 0 Å². The third kappa shape index (κ3) is 4.68. The minimum Gasteiger partial charge on any atom is -0.144 e. The second-order valence-corrected chi connectivity index (χ2v) is 12.0. The average Bonchev–Trinajstić information content (AvgIpc) is 3.66. The van der Waals surface area contributed by atoms with E-state index in [1.807, 2.05) is 22.7 Å². The van der Waals surface area contributed by atoms with Crippen LogP contribution in [0.5, 0.6) is 0 Å². The summed E-state index contributed by atoms with van der Waals surface area (Å²) in [5.41, 5.74) is 9.20. The molecule has 0 saturated heterocycles. The lowest BCUT2D eigenvalue weighted by atomic mass is 9.68. The highest BCUT2D eigenvalue weighted by atomic mass is 32.1. The Balaban J connectivity index is 1.74. The zero-order chi connectivity index (χ0) is 24.1. The third-order valence-corrected chi connectivity index (χ3v) is 9.68. The van der Waals surface area contributed by atoms with Crippen LogP contribution in [0, 0.1) is 0 Å². The molecule has 0 bridgehead atoms. The molecule has 182 valence electrons. The number of rotatable bonds is 12. The molecular formula is C33H38S2. The van der Waals surface area contributed by atoms with Crippen LogP contribution < -0.4 is 0 Å². The van der Waals surface area contributed by atoms with Crippen LogP contribution >= 0.6 is 22.7 Å². The van der Waals surface area contributed by atoms with Gasteiger partial charge in [0.25, 0.3) is 0 Å². The van der Waals surface area contributed by atoms with Crippen molar-refractivity contribution in [1.29, 1.82) is 0 Å². The van der Waals surface area contributed by atoms with E-state index in [2.05, 4.69) is 85.3 Å². The predicted octanol–water partition coefficient (Wildman–Crippen LogP) is 11.4. The zero-order valence-corrected chi connectivity index (χ0v) is 22.9. The fourth-order valence-corrected chi connectivity index (χ4v) is 7.81. The lowest BCUT2D eigenvalue weighted by molar-refractivity contribution is 0.402. The number of hydrogen-bond acceptors (Lipinski definition) is 2. The summed E-state index contributed by atoms with van der Waals surface area (Å²) in [5.74, 6) is 0. The molecule has 0 N–H and O–H groups in total. The maximum atomic E-state index is 2.46. The van der Waals surface area contributed by atoms with Crippen LogP contribution in [-0.4, -0.2) is 0 Å². The van der Waals surface area contributed by atoms with Gasteiger partial charge < -0.3 is 0 Å². The molecule has 4 aromatic rings. The van der Waals surface area contributed by atoms with Gasteiger partial charge in [0.1, 0.15) is 0 Å². The summed E-state index contributed by atoms with van der Waals surface area (Å²) in [6, 6.07) is 23.3. The molecule has 0 nitrogen and oxygen atoms in total. The van der Waals surface area contributed by atoms with Crippen molar-refractivity contribution in [2.24, 2.45) is 0 Å². The molecule has 0 aliphatic heterocycles. The molecule has 2 heterocycles. The second-order valence-electron chi connectivity index (χ2n) is 10.1. The summed E-state index contributed by atoms with van der Waals surface area (Å²) in [4.78, 5) is 2.81. The molecule has 2 heteroatoms. The van der Waals surface area contributed by atoms with Gasteiger partial charge >= 0.3 is 0 Å². The molecule has 35 heavy (non-hydrogen) atoms. The predicted molar refractivity (Wildman–Crippen MR) is 157 cm³/mol. The molecule has 1 aliphatic rings. The van der Waals surface area contributed by atoms with E-state index in [-0.39, 0.29) is 5.41 Å². The average molecular weight is 499 g/mol. The summed E-state index contributed by atoms with van der Waals surface area (Å²) in [7, 11) is 0. The second kappa shape index (κ2) is 11.3. The monoisotopic (exact) mass is 498 g/mol. The van der Waals surface area contributed by atoms with E-state index in [0.29, 0.717) is 0 Å². The number of unbranched alkanes of at least 4 members (excludes halogenated alkanes) is 6. The van der Waals surface area contributed by atoms with Gasteiger partial charge in [-0.1, -0.05) is 114 Å². The van der Waals surface area contributed by atoms with Crippen molar-refractivity contribution in [2.75, 3.05) is 0 Å². The molecule has 0 atom stereocenters. The molecule has 0 spiro atoms. The Bertz CT molecular complexity index is 1200. The number of hydrogen-bond donors (Lipinski definition) is 0. The van der Waals surface area contributed by atoms with Gasteiger partial charge in [0.15, 0.2) is 0 Å². The summed E-state index contributed by atoms with van der Waals surface area (Å²) in [5, 5.41) is 4.47.